The van der Waals surface area contributed by atoms with Crippen molar-refractivity contribution in [1.29, 1.82) is 0 Å². The molecule has 0 amide bonds. The number of pyridine rings is 1. The highest BCUT2D eigenvalue weighted by Gasteiger charge is 2.12. The van der Waals surface area contributed by atoms with Gasteiger partial charge >= 0.3 is 5.97 Å². The number of aromatic nitrogens is 1. The Balaban J connectivity index is 2.44. The maximum atomic E-state index is 11.3. The van der Waals surface area contributed by atoms with E-state index >= 15 is 0 Å². The smallest absolute Gasteiger partial charge is 0.325 e. The van der Waals surface area contributed by atoms with Crippen molar-refractivity contribution >= 4 is 22.6 Å². The third kappa shape index (κ3) is 2.76. The Morgan fingerprint density at radius 1 is 1.32 bits per heavy atom. The summed E-state index contributed by atoms with van der Waals surface area (Å²) in [5, 5.41) is 1.98. The molecule has 0 radical (unpaired) electrons. The van der Waals surface area contributed by atoms with Crippen molar-refractivity contribution in [2.24, 2.45) is 0 Å². The van der Waals surface area contributed by atoms with Crippen LogP contribution in [0.2, 0.25) is 0 Å². The monoisotopic (exact) mass is 260 g/mol. The largest absolute Gasteiger partial charge is 0.497 e. The minimum atomic E-state index is -0.302. The Morgan fingerprint density at radius 3 is 2.79 bits per heavy atom. The van der Waals surface area contributed by atoms with Crippen molar-refractivity contribution < 1.29 is 14.3 Å². The minimum absolute atomic E-state index is 0.153. The first-order chi connectivity index (χ1) is 9.15. The van der Waals surface area contributed by atoms with E-state index in [9.17, 15) is 4.79 Å². The molecule has 0 aliphatic heterocycles. The van der Waals surface area contributed by atoms with Gasteiger partial charge in [0.1, 0.15) is 18.1 Å². The Morgan fingerprint density at radius 2 is 2.11 bits per heavy atom. The van der Waals surface area contributed by atoms with Crippen molar-refractivity contribution in [3.05, 3.63) is 30.5 Å². The van der Waals surface area contributed by atoms with Gasteiger partial charge in [-0.2, -0.15) is 0 Å². The zero-order valence-electron chi connectivity index (χ0n) is 11.2. The van der Waals surface area contributed by atoms with Crippen LogP contribution < -0.4 is 9.64 Å². The number of rotatable bonds is 4. The van der Waals surface area contributed by atoms with Crippen molar-refractivity contribution in [1.82, 2.24) is 4.98 Å². The molecule has 0 aliphatic carbocycles. The first kappa shape index (κ1) is 13.1. The molecule has 0 aliphatic rings. The molecule has 19 heavy (non-hydrogen) atoms. The second-order valence-corrected chi connectivity index (χ2v) is 4.15. The van der Waals surface area contributed by atoms with Gasteiger partial charge < -0.3 is 14.4 Å². The van der Waals surface area contributed by atoms with Crippen molar-refractivity contribution in [2.45, 2.75) is 0 Å². The molecule has 0 spiro atoms. The van der Waals surface area contributed by atoms with Gasteiger partial charge in [0.05, 0.1) is 14.2 Å². The first-order valence-corrected chi connectivity index (χ1v) is 5.86. The number of hydrogen-bond donors (Lipinski definition) is 0. The van der Waals surface area contributed by atoms with E-state index in [1.165, 1.54) is 7.11 Å². The second-order valence-electron chi connectivity index (χ2n) is 4.15. The third-order valence-electron chi connectivity index (χ3n) is 2.91. The number of carbonyl (C=O) groups excluding carboxylic acids is 1. The van der Waals surface area contributed by atoms with Crippen LogP contribution >= 0.6 is 0 Å². The number of methoxy groups -OCH3 is 2. The molecule has 5 nitrogen and oxygen atoms in total. The number of benzene rings is 1. The summed E-state index contributed by atoms with van der Waals surface area (Å²) in [6.45, 7) is 0.153. The zero-order valence-corrected chi connectivity index (χ0v) is 11.2. The normalized spacial score (nSPS) is 10.3. The number of carbonyl (C=O) groups is 1. The predicted octanol–water partition coefficient (Wildman–Crippen LogP) is 1.85. The molecule has 0 bridgehead atoms. The lowest BCUT2D eigenvalue weighted by Gasteiger charge is -2.18. The average Bonchev–Trinajstić information content (AvgIpc) is 2.45. The quantitative estimate of drug-likeness (QED) is 0.785. The molecule has 5 heteroatoms. The lowest BCUT2D eigenvalue weighted by Crippen LogP contribution is -2.27. The van der Waals surface area contributed by atoms with E-state index in [0.717, 1.165) is 22.3 Å². The fourth-order valence-electron chi connectivity index (χ4n) is 1.90. The fraction of sp³-hybridized carbons (Fsp3) is 0.286. The Bertz CT molecular complexity index is 598. The molecule has 1 aromatic carbocycles. The highest BCUT2D eigenvalue weighted by molar-refractivity contribution is 5.94. The third-order valence-corrected chi connectivity index (χ3v) is 2.91. The van der Waals surface area contributed by atoms with Gasteiger partial charge in [0, 0.05) is 18.6 Å². The van der Waals surface area contributed by atoms with Crippen LogP contribution in [-0.2, 0) is 9.53 Å². The van der Waals surface area contributed by atoms with Crippen LogP contribution in [0.25, 0.3) is 10.8 Å². The maximum absolute atomic E-state index is 11.3. The molecular formula is C14H16N2O3. The van der Waals surface area contributed by atoms with Crippen LogP contribution in [0.15, 0.2) is 30.5 Å². The molecule has 0 unspecified atom stereocenters. The van der Waals surface area contributed by atoms with E-state index in [0.29, 0.717) is 0 Å². The number of nitrogens with zero attached hydrogens (tertiary/aromatic N) is 2. The summed E-state index contributed by atoms with van der Waals surface area (Å²) in [6.07, 6.45) is 1.72. The van der Waals surface area contributed by atoms with Gasteiger partial charge in [0.25, 0.3) is 0 Å². The van der Waals surface area contributed by atoms with Gasteiger partial charge in [-0.05, 0) is 23.6 Å². The van der Waals surface area contributed by atoms with Gasteiger partial charge in [0.15, 0.2) is 0 Å². The average molecular weight is 260 g/mol. The van der Waals surface area contributed by atoms with Gasteiger partial charge in [0.2, 0.25) is 0 Å². The Labute approximate surface area is 111 Å². The van der Waals surface area contributed by atoms with Crippen molar-refractivity contribution in [2.75, 3.05) is 32.7 Å². The minimum Gasteiger partial charge on any atom is -0.497 e. The van der Waals surface area contributed by atoms with Gasteiger partial charge in [-0.15, -0.1) is 0 Å². The van der Waals surface area contributed by atoms with E-state index in [-0.39, 0.29) is 12.5 Å². The fourth-order valence-corrected chi connectivity index (χ4v) is 1.90. The van der Waals surface area contributed by atoms with Crippen molar-refractivity contribution in [3.8, 4) is 5.75 Å². The SMILES string of the molecule is COC(=O)CN(C)c1nccc2ccc(OC)cc12. The van der Waals surface area contributed by atoms with E-state index in [1.54, 1.807) is 25.3 Å². The summed E-state index contributed by atoms with van der Waals surface area (Å²) in [6, 6.07) is 7.69. The van der Waals surface area contributed by atoms with Gasteiger partial charge in [-0.3, -0.25) is 4.79 Å². The van der Waals surface area contributed by atoms with E-state index in [4.69, 9.17) is 4.74 Å². The number of anilines is 1. The number of likely N-dealkylation sites (N-methyl/N-ethyl adjacent to an activating group) is 1. The van der Waals surface area contributed by atoms with Gasteiger partial charge in [-0.25, -0.2) is 4.98 Å². The summed E-state index contributed by atoms with van der Waals surface area (Å²) in [5.41, 5.74) is 0. The lowest BCUT2D eigenvalue weighted by atomic mass is 10.1. The maximum Gasteiger partial charge on any atom is 0.325 e. The van der Waals surface area contributed by atoms with Crippen LogP contribution in [-0.4, -0.2) is 38.8 Å². The van der Waals surface area contributed by atoms with Gasteiger partial charge in [-0.1, -0.05) is 6.07 Å². The molecule has 2 aromatic rings. The molecule has 0 atom stereocenters. The number of fused-ring (bicyclic) bond motifs is 1. The highest BCUT2D eigenvalue weighted by Crippen LogP contribution is 2.27. The van der Waals surface area contributed by atoms with E-state index < -0.39 is 0 Å². The van der Waals surface area contributed by atoms with Crippen LogP contribution in [0.1, 0.15) is 0 Å². The molecule has 0 saturated carbocycles. The zero-order chi connectivity index (χ0) is 13.8. The molecule has 1 aromatic heterocycles. The lowest BCUT2D eigenvalue weighted by molar-refractivity contribution is -0.138. The molecule has 1 heterocycles. The van der Waals surface area contributed by atoms with Crippen LogP contribution in [0.4, 0.5) is 5.82 Å². The van der Waals surface area contributed by atoms with E-state index in [2.05, 4.69) is 9.72 Å². The molecular weight excluding hydrogens is 244 g/mol. The Kier molecular flexibility index (Phi) is 3.85. The highest BCUT2D eigenvalue weighted by atomic mass is 16.5. The predicted molar refractivity (Wildman–Crippen MR) is 73.6 cm³/mol. The molecule has 0 N–H and O–H groups in total. The number of esters is 1. The van der Waals surface area contributed by atoms with Crippen LogP contribution in [0.3, 0.4) is 0 Å². The number of hydrogen-bond acceptors (Lipinski definition) is 5. The topological polar surface area (TPSA) is 51.7 Å². The second kappa shape index (κ2) is 5.56. The molecule has 0 saturated heterocycles. The molecule has 0 fully saturated rings. The molecule has 2 rings (SSSR count). The van der Waals surface area contributed by atoms with Crippen LogP contribution in [0, 0.1) is 0 Å². The summed E-state index contributed by atoms with van der Waals surface area (Å²) < 4.78 is 9.89. The van der Waals surface area contributed by atoms with Crippen LogP contribution in [0.5, 0.6) is 5.75 Å². The Hall–Kier alpha value is -2.30. The standard InChI is InChI=1S/C14H16N2O3/c1-16(9-13(17)19-3)14-12-8-11(18-2)5-4-10(12)6-7-15-14/h4-8H,9H2,1-3H3. The van der Waals surface area contributed by atoms with Crippen molar-refractivity contribution in [3.63, 3.8) is 0 Å². The summed E-state index contributed by atoms with van der Waals surface area (Å²) in [7, 11) is 4.79. The van der Waals surface area contributed by atoms with E-state index in [1.807, 2.05) is 24.3 Å². The summed E-state index contributed by atoms with van der Waals surface area (Å²) in [4.78, 5) is 17.4. The summed E-state index contributed by atoms with van der Waals surface area (Å²) >= 11 is 0. The summed E-state index contributed by atoms with van der Waals surface area (Å²) in [5.74, 6) is 1.18. The first-order valence-electron chi connectivity index (χ1n) is 5.86. The number of ether oxygens (including phenoxy) is 2. The molecule has 100 valence electrons.